The van der Waals surface area contributed by atoms with Crippen LogP contribution in [-0.2, 0) is 0 Å². The molecule has 1 saturated carbocycles. The monoisotopic (exact) mass is 367 g/mol. The lowest BCUT2D eigenvalue weighted by molar-refractivity contribution is -0.187. The third-order valence-electron chi connectivity index (χ3n) is 3.68. The largest absolute Gasteiger partial charge is 0.393 e. The lowest BCUT2D eigenvalue weighted by Gasteiger charge is -2.33. The third-order valence-corrected chi connectivity index (χ3v) is 4.33. The van der Waals surface area contributed by atoms with Crippen molar-refractivity contribution in [2.45, 2.75) is 37.9 Å². The minimum atomic E-state index is -4.32. The first kappa shape index (κ1) is 16.3. The topological polar surface area (TPSA) is 29.1 Å². The van der Waals surface area contributed by atoms with E-state index < -0.39 is 29.9 Å². The van der Waals surface area contributed by atoms with Gasteiger partial charge in [0, 0.05) is 10.5 Å². The van der Waals surface area contributed by atoms with E-state index in [4.69, 9.17) is 0 Å². The summed E-state index contributed by atoms with van der Waals surface area (Å²) in [6.45, 7) is 0. The standard InChI is InChI=1S/C14H14BrF4NO/c15-11-7-8(16)5-6-9(11)13(21)20-12-4-2-1-3-10(12)14(17,18)19/h5-7,10,12H,1-4H2,(H,20,21)/t10-,12+/m0/s1. The Morgan fingerprint density at radius 1 is 1.24 bits per heavy atom. The molecule has 7 heteroatoms. The number of alkyl halides is 3. The number of amides is 1. The van der Waals surface area contributed by atoms with E-state index in [0.717, 1.165) is 12.1 Å². The van der Waals surface area contributed by atoms with Gasteiger partial charge in [0.1, 0.15) is 5.82 Å². The Hall–Kier alpha value is -1.11. The second-order valence-electron chi connectivity index (χ2n) is 5.14. The van der Waals surface area contributed by atoms with Crippen LogP contribution >= 0.6 is 15.9 Å². The quantitative estimate of drug-likeness (QED) is 0.769. The molecular weight excluding hydrogens is 354 g/mol. The van der Waals surface area contributed by atoms with Crippen LogP contribution in [0.4, 0.5) is 17.6 Å². The van der Waals surface area contributed by atoms with Crippen molar-refractivity contribution >= 4 is 21.8 Å². The van der Waals surface area contributed by atoms with E-state index in [9.17, 15) is 22.4 Å². The van der Waals surface area contributed by atoms with Crippen molar-refractivity contribution in [2.24, 2.45) is 5.92 Å². The highest BCUT2D eigenvalue weighted by Gasteiger charge is 2.46. The maximum Gasteiger partial charge on any atom is 0.393 e. The Morgan fingerprint density at radius 2 is 1.90 bits per heavy atom. The summed E-state index contributed by atoms with van der Waals surface area (Å²) in [4.78, 5) is 12.1. The molecule has 1 aromatic carbocycles. The normalized spacial score (nSPS) is 22.9. The van der Waals surface area contributed by atoms with Crippen molar-refractivity contribution in [3.63, 3.8) is 0 Å². The molecule has 0 radical (unpaired) electrons. The molecule has 2 atom stereocenters. The minimum absolute atomic E-state index is 0.0268. The fourth-order valence-electron chi connectivity index (χ4n) is 2.62. The molecule has 0 spiro atoms. The van der Waals surface area contributed by atoms with Crippen molar-refractivity contribution in [1.29, 1.82) is 0 Å². The highest BCUT2D eigenvalue weighted by atomic mass is 79.9. The number of carbonyl (C=O) groups is 1. The van der Waals surface area contributed by atoms with Gasteiger partial charge in [-0.05, 0) is 47.0 Å². The molecule has 21 heavy (non-hydrogen) atoms. The van der Waals surface area contributed by atoms with Crippen LogP contribution in [0.5, 0.6) is 0 Å². The zero-order valence-corrected chi connectivity index (χ0v) is 12.6. The zero-order chi connectivity index (χ0) is 15.6. The van der Waals surface area contributed by atoms with Crippen LogP contribution < -0.4 is 5.32 Å². The number of carbonyl (C=O) groups excluding carboxylic acids is 1. The fourth-order valence-corrected chi connectivity index (χ4v) is 3.15. The van der Waals surface area contributed by atoms with E-state index in [2.05, 4.69) is 21.2 Å². The Kier molecular flexibility index (Phi) is 4.91. The van der Waals surface area contributed by atoms with E-state index >= 15 is 0 Å². The van der Waals surface area contributed by atoms with Gasteiger partial charge in [-0.2, -0.15) is 13.2 Å². The summed E-state index contributed by atoms with van der Waals surface area (Å²) >= 11 is 3.04. The van der Waals surface area contributed by atoms with Gasteiger partial charge >= 0.3 is 6.18 Å². The van der Waals surface area contributed by atoms with Crippen LogP contribution in [0.1, 0.15) is 36.0 Å². The lowest BCUT2D eigenvalue weighted by atomic mass is 9.84. The van der Waals surface area contributed by atoms with Crippen molar-refractivity contribution in [1.82, 2.24) is 5.32 Å². The summed E-state index contributed by atoms with van der Waals surface area (Å²) in [5, 5.41) is 2.44. The van der Waals surface area contributed by atoms with E-state index in [1.165, 1.54) is 6.07 Å². The van der Waals surface area contributed by atoms with Crippen molar-refractivity contribution in [2.75, 3.05) is 0 Å². The summed E-state index contributed by atoms with van der Waals surface area (Å²) in [7, 11) is 0. The first-order valence-corrected chi connectivity index (χ1v) is 7.41. The first-order chi connectivity index (χ1) is 9.79. The maximum atomic E-state index is 13.0. The predicted molar refractivity (Wildman–Crippen MR) is 73.4 cm³/mol. The molecule has 2 nitrogen and oxygen atoms in total. The number of halogens is 5. The molecular formula is C14H14BrF4NO. The van der Waals surface area contributed by atoms with Gasteiger partial charge < -0.3 is 5.32 Å². The SMILES string of the molecule is O=C(N[C@@H]1CCCC[C@@H]1C(F)(F)F)c1ccc(F)cc1Br. The van der Waals surface area contributed by atoms with Crippen LogP contribution in [0.2, 0.25) is 0 Å². The summed E-state index contributed by atoms with van der Waals surface area (Å²) in [6, 6.07) is 2.53. The van der Waals surface area contributed by atoms with Crippen LogP contribution in [0.25, 0.3) is 0 Å². The molecule has 1 N–H and O–H groups in total. The molecule has 0 saturated heterocycles. The molecule has 2 rings (SSSR count). The molecule has 1 aliphatic carbocycles. The van der Waals surface area contributed by atoms with Gasteiger partial charge in [-0.3, -0.25) is 4.79 Å². The molecule has 0 aliphatic heterocycles. The summed E-state index contributed by atoms with van der Waals surface area (Å²) in [6.07, 6.45) is -2.83. The van der Waals surface area contributed by atoms with E-state index in [1.807, 2.05) is 0 Å². The van der Waals surface area contributed by atoms with Gasteiger partial charge in [0.25, 0.3) is 5.91 Å². The van der Waals surface area contributed by atoms with Gasteiger partial charge in [-0.25, -0.2) is 4.39 Å². The van der Waals surface area contributed by atoms with Crippen molar-refractivity contribution < 1.29 is 22.4 Å². The van der Waals surface area contributed by atoms with Crippen LogP contribution in [0.3, 0.4) is 0 Å². The van der Waals surface area contributed by atoms with Crippen molar-refractivity contribution in [3.8, 4) is 0 Å². The molecule has 1 amide bonds. The van der Waals surface area contributed by atoms with Crippen molar-refractivity contribution in [3.05, 3.63) is 34.1 Å². The number of nitrogens with one attached hydrogen (secondary N) is 1. The van der Waals surface area contributed by atoms with Crippen LogP contribution in [-0.4, -0.2) is 18.1 Å². The Bertz CT molecular complexity index is 532. The highest BCUT2D eigenvalue weighted by Crippen LogP contribution is 2.37. The molecule has 1 aromatic rings. The summed E-state index contributed by atoms with van der Waals surface area (Å²) < 4.78 is 52.1. The molecule has 0 heterocycles. The van der Waals surface area contributed by atoms with Crippen LogP contribution in [0.15, 0.2) is 22.7 Å². The number of hydrogen-bond acceptors (Lipinski definition) is 1. The molecule has 0 bridgehead atoms. The molecule has 1 fully saturated rings. The molecule has 0 unspecified atom stereocenters. The molecule has 0 aromatic heterocycles. The average Bonchev–Trinajstić information content (AvgIpc) is 2.37. The second-order valence-corrected chi connectivity index (χ2v) is 5.99. The van der Waals surface area contributed by atoms with E-state index in [0.29, 0.717) is 19.3 Å². The Labute approximate surface area is 128 Å². The second kappa shape index (κ2) is 6.34. The molecule has 1 aliphatic rings. The number of rotatable bonds is 2. The van der Waals surface area contributed by atoms with E-state index in [1.54, 1.807) is 0 Å². The minimum Gasteiger partial charge on any atom is -0.349 e. The zero-order valence-electron chi connectivity index (χ0n) is 11.0. The maximum absolute atomic E-state index is 13.0. The van der Waals surface area contributed by atoms with Gasteiger partial charge in [0.2, 0.25) is 0 Å². The smallest absolute Gasteiger partial charge is 0.349 e. The summed E-state index contributed by atoms with van der Waals surface area (Å²) in [5.41, 5.74) is 0.128. The van der Waals surface area contributed by atoms with Gasteiger partial charge in [-0.1, -0.05) is 12.8 Å². The van der Waals surface area contributed by atoms with E-state index in [-0.39, 0.29) is 16.5 Å². The van der Waals surface area contributed by atoms with Crippen LogP contribution in [0, 0.1) is 11.7 Å². The van der Waals surface area contributed by atoms with Gasteiger partial charge in [0.15, 0.2) is 0 Å². The highest BCUT2D eigenvalue weighted by molar-refractivity contribution is 9.10. The average molecular weight is 368 g/mol. The number of hydrogen-bond donors (Lipinski definition) is 1. The first-order valence-electron chi connectivity index (χ1n) is 6.61. The van der Waals surface area contributed by atoms with Gasteiger partial charge in [0.05, 0.1) is 11.5 Å². The fraction of sp³-hybridized carbons (Fsp3) is 0.500. The Morgan fingerprint density at radius 3 is 2.52 bits per heavy atom. The third kappa shape index (κ3) is 3.96. The predicted octanol–water partition coefficient (Wildman–Crippen LogP) is 4.44. The summed E-state index contributed by atoms with van der Waals surface area (Å²) in [5.74, 6) is -2.67. The lowest BCUT2D eigenvalue weighted by Crippen LogP contribution is -2.47. The Balaban J connectivity index is 2.13. The number of benzene rings is 1. The van der Waals surface area contributed by atoms with Gasteiger partial charge in [-0.15, -0.1) is 0 Å². The molecule has 116 valence electrons.